The lowest BCUT2D eigenvalue weighted by molar-refractivity contribution is 0.0764. The quantitative estimate of drug-likeness (QED) is 0.713. The van der Waals surface area contributed by atoms with Crippen molar-refractivity contribution in [2.75, 3.05) is 6.54 Å². The maximum atomic E-state index is 12.1. The Hall–Kier alpha value is -2.22. The summed E-state index contributed by atoms with van der Waals surface area (Å²) >= 11 is 0. The smallest absolute Gasteiger partial charge is 0.255 e. The summed E-state index contributed by atoms with van der Waals surface area (Å²) in [5.41, 5.74) is 0.280. The lowest BCUT2D eigenvalue weighted by Gasteiger charge is -2.19. The Bertz CT molecular complexity index is 493. The highest BCUT2D eigenvalue weighted by Crippen LogP contribution is 2.27. The van der Waals surface area contributed by atoms with E-state index in [0.717, 1.165) is 6.42 Å². The van der Waals surface area contributed by atoms with Gasteiger partial charge < -0.3 is 15.1 Å². The molecule has 0 radical (unpaired) electrons. The van der Waals surface area contributed by atoms with Crippen molar-refractivity contribution in [2.45, 2.75) is 18.9 Å². The summed E-state index contributed by atoms with van der Waals surface area (Å²) in [6.45, 7) is 0.554. The van der Waals surface area contributed by atoms with Gasteiger partial charge in [-0.2, -0.15) is 5.26 Å². The van der Waals surface area contributed by atoms with Crippen LogP contribution in [-0.4, -0.2) is 33.6 Å². The molecule has 0 aliphatic carbocycles. The van der Waals surface area contributed by atoms with Crippen molar-refractivity contribution in [2.24, 2.45) is 0 Å². The summed E-state index contributed by atoms with van der Waals surface area (Å²) in [5, 5.41) is 27.4. The predicted molar refractivity (Wildman–Crippen MR) is 59.4 cm³/mol. The second-order valence-corrected chi connectivity index (χ2v) is 3.99. The average molecular weight is 232 g/mol. The third kappa shape index (κ3) is 2.02. The average Bonchev–Trinajstić information content (AvgIpc) is 2.80. The molecule has 0 spiro atoms. The molecule has 1 amide bonds. The number of hydrogen-bond donors (Lipinski definition) is 2. The molecule has 0 aromatic heterocycles. The van der Waals surface area contributed by atoms with E-state index in [0.29, 0.717) is 13.0 Å². The predicted octanol–water partition coefficient (Wildman–Crippen LogP) is 1.23. The fraction of sp³-hybridized carbons (Fsp3) is 0.333. The van der Waals surface area contributed by atoms with Crippen LogP contribution in [0.5, 0.6) is 11.5 Å². The number of nitrogens with zero attached hydrogens (tertiary/aromatic N) is 2. The van der Waals surface area contributed by atoms with Crippen LogP contribution in [0, 0.1) is 11.3 Å². The van der Waals surface area contributed by atoms with Crippen molar-refractivity contribution in [3.05, 3.63) is 23.8 Å². The van der Waals surface area contributed by atoms with Gasteiger partial charge in [-0.1, -0.05) is 0 Å². The summed E-state index contributed by atoms with van der Waals surface area (Å²) in [6, 6.07) is 5.60. The van der Waals surface area contributed by atoms with Gasteiger partial charge in [-0.15, -0.1) is 0 Å². The van der Waals surface area contributed by atoms with Crippen LogP contribution in [0.15, 0.2) is 18.2 Å². The molecule has 1 atom stereocenters. The Labute approximate surface area is 98.5 Å². The first-order chi connectivity index (χ1) is 8.13. The summed E-state index contributed by atoms with van der Waals surface area (Å²) in [6.07, 6.45) is 1.50. The second kappa shape index (κ2) is 4.34. The van der Waals surface area contributed by atoms with Gasteiger partial charge in [0.1, 0.15) is 6.04 Å². The second-order valence-electron chi connectivity index (χ2n) is 3.99. The van der Waals surface area contributed by atoms with E-state index in [2.05, 4.69) is 6.07 Å². The first kappa shape index (κ1) is 11.3. The molecule has 1 aliphatic rings. The van der Waals surface area contributed by atoms with Gasteiger partial charge in [-0.25, -0.2) is 0 Å². The Kier molecular flexibility index (Phi) is 2.88. The van der Waals surface area contributed by atoms with E-state index < -0.39 is 6.04 Å². The maximum absolute atomic E-state index is 12.1. The molecule has 1 aromatic carbocycles. The monoisotopic (exact) mass is 232 g/mol. The molecule has 17 heavy (non-hydrogen) atoms. The van der Waals surface area contributed by atoms with Crippen molar-refractivity contribution in [1.82, 2.24) is 4.90 Å². The van der Waals surface area contributed by atoms with Crippen molar-refractivity contribution in [3.8, 4) is 17.6 Å². The van der Waals surface area contributed by atoms with Crippen molar-refractivity contribution in [1.29, 1.82) is 5.26 Å². The lowest BCUT2D eigenvalue weighted by atomic mass is 10.1. The molecule has 2 N–H and O–H groups in total. The fourth-order valence-electron chi connectivity index (χ4n) is 1.97. The summed E-state index contributed by atoms with van der Waals surface area (Å²) in [5.74, 6) is -0.882. The van der Waals surface area contributed by atoms with Crippen LogP contribution < -0.4 is 0 Å². The van der Waals surface area contributed by atoms with E-state index in [4.69, 9.17) is 10.4 Å². The van der Waals surface area contributed by atoms with Crippen LogP contribution in [0.1, 0.15) is 23.2 Å². The van der Waals surface area contributed by atoms with Crippen LogP contribution in [0.2, 0.25) is 0 Å². The van der Waals surface area contributed by atoms with Crippen LogP contribution in [0.25, 0.3) is 0 Å². The highest BCUT2D eigenvalue weighted by atomic mass is 16.3. The van der Waals surface area contributed by atoms with Gasteiger partial charge in [0.25, 0.3) is 5.91 Å². The SMILES string of the molecule is N#CC1CCCN1C(=O)c1ccc(O)c(O)c1. The van der Waals surface area contributed by atoms with Crippen LogP contribution in [0.3, 0.4) is 0 Å². The molecule has 0 bridgehead atoms. The molecule has 1 aromatic rings. The summed E-state index contributed by atoms with van der Waals surface area (Å²) in [4.78, 5) is 13.6. The van der Waals surface area contributed by atoms with E-state index in [1.54, 1.807) is 0 Å². The molecule has 5 nitrogen and oxygen atoms in total. The number of rotatable bonds is 1. The summed E-state index contributed by atoms with van der Waals surface area (Å²) < 4.78 is 0. The van der Waals surface area contributed by atoms with Gasteiger partial charge >= 0.3 is 0 Å². The largest absolute Gasteiger partial charge is 0.504 e. The van der Waals surface area contributed by atoms with E-state index in [1.807, 2.05) is 0 Å². The number of carbonyl (C=O) groups is 1. The minimum Gasteiger partial charge on any atom is -0.504 e. The molecule has 0 saturated carbocycles. The molecule has 5 heteroatoms. The third-order valence-electron chi connectivity index (χ3n) is 2.89. The molecule has 2 rings (SSSR count). The number of carbonyl (C=O) groups excluding carboxylic acids is 1. The van der Waals surface area contributed by atoms with E-state index in [1.165, 1.54) is 23.1 Å². The zero-order valence-corrected chi connectivity index (χ0v) is 9.13. The Morgan fingerprint density at radius 1 is 1.41 bits per heavy atom. The van der Waals surface area contributed by atoms with E-state index in [9.17, 15) is 9.90 Å². The molecule has 1 saturated heterocycles. The van der Waals surface area contributed by atoms with Gasteiger partial charge in [0, 0.05) is 12.1 Å². The normalized spacial score (nSPS) is 19.0. The van der Waals surface area contributed by atoms with Crippen molar-refractivity contribution >= 4 is 5.91 Å². The minimum atomic E-state index is -0.390. The van der Waals surface area contributed by atoms with Gasteiger partial charge in [0.05, 0.1) is 6.07 Å². The standard InChI is InChI=1S/C12H12N2O3/c13-7-9-2-1-5-14(9)12(17)8-3-4-10(15)11(16)6-8/h3-4,6,9,15-16H,1-2,5H2. The topological polar surface area (TPSA) is 84.6 Å². The first-order valence-electron chi connectivity index (χ1n) is 5.36. The molecule has 1 fully saturated rings. The number of hydrogen-bond acceptors (Lipinski definition) is 4. The van der Waals surface area contributed by atoms with Crippen LogP contribution >= 0.6 is 0 Å². The molecule has 1 aliphatic heterocycles. The molecule has 1 heterocycles. The Morgan fingerprint density at radius 2 is 2.18 bits per heavy atom. The third-order valence-corrected chi connectivity index (χ3v) is 2.89. The van der Waals surface area contributed by atoms with E-state index >= 15 is 0 Å². The molecule has 88 valence electrons. The first-order valence-corrected chi connectivity index (χ1v) is 5.36. The van der Waals surface area contributed by atoms with Gasteiger partial charge in [0.2, 0.25) is 0 Å². The molecular weight excluding hydrogens is 220 g/mol. The van der Waals surface area contributed by atoms with E-state index in [-0.39, 0.29) is 23.0 Å². The number of aromatic hydroxyl groups is 2. The maximum Gasteiger partial charge on any atom is 0.255 e. The number of likely N-dealkylation sites (tertiary alicyclic amines) is 1. The highest BCUT2D eigenvalue weighted by Gasteiger charge is 2.29. The Balaban J connectivity index is 2.25. The minimum absolute atomic E-state index is 0.264. The number of phenols is 2. The van der Waals surface area contributed by atoms with Gasteiger partial charge in [-0.05, 0) is 31.0 Å². The number of phenolic OH excluding ortho intramolecular Hbond substituents is 2. The van der Waals surface area contributed by atoms with Crippen LogP contribution in [-0.2, 0) is 0 Å². The number of benzene rings is 1. The lowest BCUT2D eigenvalue weighted by Crippen LogP contribution is -2.34. The molecule has 1 unspecified atom stereocenters. The van der Waals surface area contributed by atoms with Crippen molar-refractivity contribution < 1.29 is 15.0 Å². The van der Waals surface area contributed by atoms with Crippen LogP contribution in [0.4, 0.5) is 0 Å². The number of amides is 1. The Morgan fingerprint density at radius 3 is 2.82 bits per heavy atom. The van der Waals surface area contributed by atoms with Gasteiger partial charge in [0.15, 0.2) is 11.5 Å². The zero-order chi connectivity index (χ0) is 12.4. The summed E-state index contributed by atoms with van der Waals surface area (Å²) in [7, 11) is 0. The molecular formula is C12H12N2O3. The van der Waals surface area contributed by atoms with Crippen molar-refractivity contribution in [3.63, 3.8) is 0 Å². The number of nitriles is 1. The fourth-order valence-corrected chi connectivity index (χ4v) is 1.97. The van der Waals surface area contributed by atoms with Gasteiger partial charge in [-0.3, -0.25) is 4.79 Å². The zero-order valence-electron chi connectivity index (χ0n) is 9.13. The highest BCUT2D eigenvalue weighted by molar-refractivity contribution is 5.95.